The summed E-state index contributed by atoms with van der Waals surface area (Å²) in [6.45, 7) is -0.141. The Morgan fingerprint density at radius 1 is 1.00 bits per heavy atom. The molecule has 1 heterocycles. The quantitative estimate of drug-likeness (QED) is 0.631. The van der Waals surface area contributed by atoms with Gasteiger partial charge in [-0.1, -0.05) is 16.7 Å². The first kappa shape index (κ1) is 18.5. The lowest BCUT2D eigenvalue weighted by atomic mass is 10.3. The van der Waals surface area contributed by atoms with Crippen LogP contribution in [0.15, 0.2) is 52.9 Å². The van der Waals surface area contributed by atoms with Crippen molar-refractivity contribution in [1.82, 2.24) is 10.2 Å². The van der Waals surface area contributed by atoms with Gasteiger partial charge in [-0.15, -0.1) is 5.10 Å². The Bertz CT molecular complexity index is 881. The SMILES string of the molecule is COc1ccc(OCC(=O)Nc2nnc(COc3ccc(Cl)cc3)o2)cc1. The predicted molar refractivity (Wildman–Crippen MR) is 97.2 cm³/mol. The molecule has 0 fully saturated rings. The molecule has 0 bridgehead atoms. The number of rotatable bonds is 8. The van der Waals surface area contributed by atoms with Crippen LogP contribution in [0.1, 0.15) is 5.89 Å². The van der Waals surface area contributed by atoms with E-state index in [0.29, 0.717) is 22.3 Å². The highest BCUT2D eigenvalue weighted by Gasteiger charge is 2.11. The van der Waals surface area contributed by atoms with Gasteiger partial charge in [0.15, 0.2) is 13.2 Å². The molecule has 0 saturated heterocycles. The van der Waals surface area contributed by atoms with Crippen LogP contribution in [0.4, 0.5) is 6.01 Å². The number of nitrogens with one attached hydrogen (secondary N) is 1. The summed E-state index contributed by atoms with van der Waals surface area (Å²) in [4.78, 5) is 11.9. The van der Waals surface area contributed by atoms with E-state index in [4.69, 9.17) is 30.2 Å². The van der Waals surface area contributed by atoms with Gasteiger partial charge in [-0.3, -0.25) is 10.1 Å². The average Bonchev–Trinajstić information content (AvgIpc) is 3.13. The van der Waals surface area contributed by atoms with Gasteiger partial charge in [-0.05, 0) is 48.5 Å². The first-order valence-corrected chi connectivity index (χ1v) is 8.27. The summed E-state index contributed by atoms with van der Waals surface area (Å²) in [5, 5.41) is 10.6. The number of amides is 1. The molecule has 1 aromatic heterocycles. The minimum absolute atomic E-state index is 0.0342. The summed E-state index contributed by atoms with van der Waals surface area (Å²) in [6.07, 6.45) is 0. The van der Waals surface area contributed by atoms with Crippen LogP contribution in [0.5, 0.6) is 17.2 Å². The third-order valence-electron chi connectivity index (χ3n) is 3.32. The number of nitrogens with zero attached hydrogens (tertiary/aromatic N) is 2. The van der Waals surface area contributed by atoms with Gasteiger partial charge in [-0.25, -0.2) is 0 Å². The van der Waals surface area contributed by atoms with E-state index in [0.717, 1.165) is 0 Å². The van der Waals surface area contributed by atoms with Crippen molar-refractivity contribution in [2.75, 3.05) is 19.0 Å². The molecule has 0 unspecified atom stereocenters. The number of hydrogen-bond acceptors (Lipinski definition) is 7. The van der Waals surface area contributed by atoms with Crippen molar-refractivity contribution in [2.24, 2.45) is 0 Å². The van der Waals surface area contributed by atoms with E-state index in [-0.39, 0.29) is 25.1 Å². The predicted octanol–water partition coefficient (Wildman–Crippen LogP) is 3.33. The average molecular weight is 390 g/mol. The van der Waals surface area contributed by atoms with Crippen LogP contribution >= 0.6 is 11.6 Å². The Hall–Kier alpha value is -3.26. The summed E-state index contributed by atoms with van der Waals surface area (Å²) >= 11 is 5.81. The molecule has 27 heavy (non-hydrogen) atoms. The molecule has 3 aromatic rings. The van der Waals surface area contributed by atoms with E-state index in [1.54, 1.807) is 55.6 Å². The van der Waals surface area contributed by atoms with Crippen molar-refractivity contribution in [1.29, 1.82) is 0 Å². The Morgan fingerprint density at radius 3 is 2.33 bits per heavy atom. The highest BCUT2D eigenvalue weighted by atomic mass is 35.5. The lowest BCUT2D eigenvalue weighted by Crippen LogP contribution is -2.20. The fraction of sp³-hybridized carbons (Fsp3) is 0.167. The molecule has 0 aliphatic carbocycles. The summed E-state index contributed by atoms with van der Waals surface area (Å²) in [5.74, 6) is 1.63. The molecule has 0 spiro atoms. The normalized spacial score (nSPS) is 10.3. The molecule has 1 N–H and O–H groups in total. The van der Waals surface area contributed by atoms with Crippen molar-refractivity contribution in [3.8, 4) is 17.2 Å². The first-order chi connectivity index (χ1) is 13.1. The van der Waals surface area contributed by atoms with Gasteiger partial charge in [0.25, 0.3) is 11.8 Å². The van der Waals surface area contributed by atoms with Crippen LogP contribution < -0.4 is 19.5 Å². The monoisotopic (exact) mass is 389 g/mol. The van der Waals surface area contributed by atoms with Gasteiger partial charge in [0, 0.05) is 5.02 Å². The van der Waals surface area contributed by atoms with Crippen molar-refractivity contribution >= 4 is 23.5 Å². The van der Waals surface area contributed by atoms with Crippen LogP contribution in [0, 0.1) is 0 Å². The molecule has 9 heteroatoms. The molecular formula is C18H16ClN3O5. The molecule has 0 atom stereocenters. The van der Waals surface area contributed by atoms with Crippen LogP contribution in [-0.2, 0) is 11.4 Å². The molecule has 1 amide bonds. The number of carbonyl (C=O) groups excluding carboxylic acids is 1. The van der Waals surface area contributed by atoms with Gasteiger partial charge in [0.05, 0.1) is 7.11 Å². The van der Waals surface area contributed by atoms with Crippen molar-refractivity contribution in [2.45, 2.75) is 6.61 Å². The topological polar surface area (TPSA) is 95.7 Å². The maximum atomic E-state index is 11.9. The second-order valence-corrected chi connectivity index (χ2v) is 5.69. The molecule has 3 rings (SSSR count). The summed E-state index contributed by atoms with van der Waals surface area (Å²) in [7, 11) is 1.57. The third kappa shape index (κ3) is 5.61. The second-order valence-electron chi connectivity index (χ2n) is 5.26. The molecule has 0 aliphatic heterocycles. The fourth-order valence-corrected chi connectivity index (χ4v) is 2.14. The number of halogens is 1. The Labute approximate surface area is 160 Å². The molecule has 140 valence electrons. The van der Waals surface area contributed by atoms with E-state index in [1.165, 1.54) is 0 Å². The maximum absolute atomic E-state index is 11.9. The van der Waals surface area contributed by atoms with Crippen molar-refractivity contribution < 1.29 is 23.4 Å². The molecule has 0 aliphatic rings. The Kier molecular flexibility index (Phi) is 6.11. The molecule has 8 nitrogen and oxygen atoms in total. The number of anilines is 1. The van der Waals surface area contributed by atoms with Gasteiger partial charge in [0.2, 0.25) is 0 Å². The molecular weight excluding hydrogens is 374 g/mol. The van der Waals surface area contributed by atoms with Crippen LogP contribution in [0.3, 0.4) is 0 Å². The molecule has 0 saturated carbocycles. The van der Waals surface area contributed by atoms with E-state index < -0.39 is 5.91 Å². The number of hydrogen-bond donors (Lipinski definition) is 1. The number of benzene rings is 2. The second kappa shape index (κ2) is 8.91. The molecule has 0 radical (unpaired) electrons. The van der Waals surface area contributed by atoms with E-state index in [2.05, 4.69) is 15.5 Å². The smallest absolute Gasteiger partial charge is 0.322 e. The van der Waals surface area contributed by atoms with Gasteiger partial charge < -0.3 is 18.6 Å². The van der Waals surface area contributed by atoms with Crippen LogP contribution in [-0.4, -0.2) is 29.8 Å². The van der Waals surface area contributed by atoms with Crippen LogP contribution in [0.2, 0.25) is 5.02 Å². The maximum Gasteiger partial charge on any atom is 0.322 e. The number of carbonyl (C=O) groups is 1. The summed E-state index contributed by atoms with van der Waals surface area (Å²) < 4.78 is 21.2. The third-order valence-corrected chi connectivity index (χ3v) is 3.57. The van der Waals surface area contributed by atoms with Gasteiger partial charge in [0.1, 0.15) is 17.2 Å². The van der Waals surface area contributed by atoms with E-state index in [9.17, 15) is 4.79 Å². The van der Waals surface area contributed by atoms with Gasteiger partial charge >= 0.3 is 6.01 Å². The van der Waals surface area contributed by atoms with E-state index >= 15 is 0 Å². The number of methoxy groups -OCH3 is 1. The highest BCUT2D eigenvalue weighted by Crippen LogP contribution is 2.18. The van der Waals surface area contributed by atoms with Crippen molar-refractivity contribution in [3.05, 3.63) is 59.4 Å². The zero-order chi connectivity index (χ0) is 19.1. The zero-order valence-corrected chi connectivity index (χ0v) is 15.1. The Morgan fingerprint density at radius 2 is 1.63 bits per heavy atom. The minimum atomic E-state index is -0.431. The Balaban J connectivity index is 1.44. The largest absolute Gasteiger partial charge is 0.497 e. The fourth-order valence-electron chi connectivity index (χ4n) is 2.01. The lowest BCUT2D eigenvalue weighted by molar-refractivity contribution is -0.118. The number of aromatic nitrogens is 2. The zero-order valence-electron chi connectivity index (χ0n) is 14.3. The lowest BCUT2D eigenvalue weighted by Gasteiger charge is -2.06. The summed E-state index contributed by atoms with van der Waals surface area (Å²) in [5.41, 5.74) is 0. The summed E-state index contributed by atoms with van der Waals surface area (Å²) in [6, 6.07) is 13.7. The standard InChI is InChI=1S/C18H16ClN3O5/c1-24-13-6-8-15(9-7-13)25-10-16(23)20-18-22-21-17(27-18)11-26-14-4-2-12(19)3-5-14/h2-9H,10-11H2,1H3,(H,20,22,23). The number of ether oxygens (including phenoxy) is 3. The highest BCUT2D eigenvalue weighted by molar-refractivity contribution is 6.30. The molecule has 2 aromatic carbocycles. The van der Waals surface area contributed by atoms with Crippen LogP contribution in [0.25, 0.3) is 0 Å². The van der Waals surface area contributed by atoms with Crippen molar-refractivity contribution in [3.63, 3.8) is 0 Å². The van der Waals surface area contributed by atoms with Gasteiger partial charge in [-0.2, -0.15) is 0 Å². The van der Waals surface area contributed by atoms with E-state index in [1.807, 2.05) is 0 Å². The minimum Gasteiger partial charge on any atom is -0.497 e. The first-order valence-electron chi connectivity index (χ1n) is 7.90.